The Morgan fingerprint density at radius 1 is 1.10 bits per heavy atom. The molecule has 4 bridgehead atoms. The highest BCUT2D eigenvalue weighted by molar-refractivity contribution is 6.30. The van der Waals surface area contributed by atoms with E-state index in [1.807, 2.05) is 29.2 Å². The van der Waals surface area contributed by atoms with Gasteiger partial charge in [0.25, 0.3) is 0 Å². The number of hydrogen-bond donors (Lipinski definition) is 0. The largest absolute Gasteiger partial charge is 0.356 e. The Hall–Kier alpha value is -1.81. The van der Waals surface area contributed by atoms with Gasteiger partial charge in [0.05, 0.1) is 6.54 Å². The topological polar surface area (TPSA) is 46.3 Å². The normalized spacial score (nSPS) is 32.4. The molecule has 152 valence electrons. The van der Waals surface area contributed by atoms with Gasteiger partial charge in [0.15, 0.2) is 5.76 Å². The number of halogens is 1. The van der Waals surface area contributed by atoms with Gasteiger partial charge in [-0.15, -0.1) is 0 Å². The molecule has 2 aromatic rings. The Balaban J connectivity index is 1.18. The zero-order valence-electron chi connectivity index (χ0n) is 16.7. The van der Waals surface area contributed by atoms with Crippen molar-refractivity contribution >= 4 is 17.5 Å². The van der Waals surface area contributed by atoms with Gasteiger partial charge in [0.1, 0.15) is 5.69 Å². The van der Waals surface area contributed by atoms with Crippen LogP contribution in [0.15, 0.2) is 28.8 Å². The minimum atomic E-state index is 0.296. The van der Waals surface area contributed by atoms with E-state index in [9.17, 15) is 4.79 Å². The summed E-state index contributed by atoms with van der Waals surface area (Å²) < 4.78 is 5.67. The third-order valence-corrected chi connectivity index (χ3v) is 8.24. The van der Waals surface area contributed by atoms with Crippen LogP contribution < -0.4 is 0 Å². The van der Waals surface area contributed by atoms with Gasteiger partial charge in [-0.1, -0.05) is 16.8 Å². The van der Waals surface area contributed by atoms with Gasteiger partial charge in [0, 0.05) is 29.1 Å². The maximum Gasteiger partial charge on any atom is 0.223 e. The molecule has 0 atom stereocenters. The summed E-state index contributed by atoms with van der Waals surface area (Å²) in [6.07, 6.45) is 9.68. The van der Waals surface area contributed by atoms with Crippen molar-refractivity contribution in [2.24, 2.45) is 23.2 Å². The lowest BCUT2D eigenvalue weighted by atomic mass is 9.49. The van der Waals surface area contributed by atoms with E-state index in [0.29, 0.717) is 22.9 Å². The lowest BCUT2D eigenvalue weighted by Crippen LogP contribution is -2.48. The summed E-state index contributed by atoms with van der Waals surface area (Å²) in [6, 6.07) is 7.67. The molecule has 5 aliphatic rings. The second-order valence-corrected chi connectivity index (χ2v) is 10.5. The van der Waals surface area contributed by atoms with E-state index in [0.717, 1.165) is 59.7 Å². The summed E-state index contributed by atoms with van der Waals surface area (Å²) in [5.74, 6) is 3.82. The van der Waals surface area contributed by atoms with Crippen molar-refractivity contribution < 1.29 is 9.32 Å². The fraction of sp³-hybridized carbons (Fsp3) is 0.583. The summed E-state index contributed by atoms with van der Waals surface area (Å²) in [7, 11) is 0. The van der Waals surface area contributed by atoms with Crippen LogP contribution in [0.3, 0.4) is 0 Å². The quantitative estimate of drug-likeness (QED) is 0.672. The first-order valence-corrected chi connectivity index (χ1v) is 11.5. The average Bonchev–Trinajstić information content (AvgIpc) is 3.10. The van der Waals surface area contributed by atoms with E-state index in [1.54, 1.807) is 0 Å². The zero-order chi connectivity index (χ0) is 19.6. The summed E-state index contributed by atoms with van der Waals surface area (Å²) in [4.78, 5) is 15.3. The number of carbonyl (C=O) groups excluding carboxylic acids is 1. The highest BCUT2D eigenvalue weighted by Gasteiger charge is 2.51. The van der Waals surface area contributed by atoms with Crippen LogP contribution in [0.2, 0.25) is 5.02 Å². The molecule has 0 N–H and O–H groups in total. The summed E-state index contributed by atoms with van der Waals surface area (Å²) >= 11 is 6.01. The Morgan fingerprint density at radius 3 is 2.41 bits per heavy atom. The Kier molecular flexibility index (Phi) is 4.09. The molecule has 7 rings (SSSR count). The number of aromatic nitrogens is 1. The van der Waals surface area contributed by atoms with Crippen LogP contribution in [-0.4, -0.2) is 22.5 Å². The number of rotatable bonds is 3. The number of amides is 1. The second kappa shape index (κ2) is 6.60. The van der Waals surface area contributed by atoms with Gasteiger partial charge in [0.2, 0.25) is 5.91 Å². The fourth-order valence-corrected chi connectivity index (χ4v) is 7.34. The molecule has 0 unspecified atom stereocenters. The molecule has 0 saturated heterocycles. The molecule has 5 heteroatoms. The maximum absolute atomic E-state index is 13.3. The number of nitrogens with zero attached hydrogens (tertiary/aromatic N) is 2. The second-order valence-electron chi connectivity index (χ2n) is 10.1. The molecule has 1 aromatic carbocycles. The van der Waals surface area contributed by atoms with E-state index >= 15 is 0 Å². The van der Waals surface area contributed by atoms with Crippen molar-refractivity contribution in [2.75, 3.05) is 6.54 Å². The van der Waals surface area contributed by atoms with Gasteiger partial charge < -0.3 is 9.42 Å². The molecular weight excluding hydrogens is 384 g/mol. The number of hydrogen-bond acceptors (Lipinski definition) is 3. The molecule has 29 heavy (non-hydrogen) atoms. The van der Waals surface area contributed by atoms with Crippen molar-refractivity contribution in [3.05, 3.63) is 40.5 Å². The molecule has 4 fully saturated rings. The van der Waals surface area contributed by atoms with Gasteiger partial charge in [-0.2, -0.15) is 0 Å². The first-order chi connectivity index (χ1) is 14.1. The van der Waals surface area contributed by atoms with Crippen LogP contribution in [0.5, 0.6) is 0 Å². The van der Waals surface area contributed by atoms with Gasteiger partial charge in [-0.3, -0.25) is 4.79 Å². The van der Waals surface area contributed by atoms with Crippen molar-refractivity contribution in [1.82, 2.24) is 10.1 Å². The van der Waals surface area contributed by atoms with Crippen LogP contribution in [0.1, 0.15) is 56.2 Å². The molecule has 4 aliphatic carbocycles. The molecule has 1 aliphatic heterocycles. The summed E-state index contributed by atoms with van der Waals surface area (Å²) in [5.41, 5.74) is 3.35. The smallest absolute Gasteiger partial charge is 0.223 e. The number of benzene rings is 1. The van der Waals surface area contributed by atoms with E-state index < -0.39 is 0 Å². The molecule has 2 heterocycles. The Bertz CT molecular complexity index is 913. The first-order valence-electron chi connectivity index (χ1n) is 11.1. The maximum atomic E-state index is 13.3. The van der Waals surface area contributed by atoms with E-state index in [2.05, 4.69) is 5.16 Å². The minimum absolute atomic E-state index is 0.296. The monoisotopic (exact) mass is 410 g/mol. The number of carbonyl (C=O) groups is 1. The highest BCUT2D eigenvalue weighted by Crippen LogP contribution is 2.61. The van der Waals surface area contributed by atoms with Gasteiger partial charge in [-0.25, -0.2) is 0 Å². The molecule has 1 amide bonds. The van der Waals surface area contributed by atoms with E-state index in [1.165, 1.54) is 38.5 Å². The van der Waals surface area contributed by atoms with Crippen LogP contribution >= 0.6 is 11.6 Å². The van der Waals surface area contributed by atoms with E-state index in [4.69, 9.17) is 16.1 Å². The van der Waals surface area contributed by atoms with Crippen molar-refractivity contribution in [3.63, 3.8) is 0 Å². The SMILES string of the molecule is O=C(CC12CC3CC(CC(C3)C1)C2)N1CCc2c(noc2-c2ccc(Cl)cc2)C1. The highest BCUT2D eigenvalue weighted by atomic mass is 35.5. The predicted octanol–water partition coefficient (Wildman–Crippen LogP) is 5.49. The van der Waals surface area contributed by atoms with Crippen molar-refractivity contribution in [2.45, 2.75) is 57.9 Å². The standard InChI is InChI=1S/C24H27ClN2O2/c25-19-3-1-18(2-4-19)23-20-5-6-27(14-21(20)26-29-23)22(28)13-24-10-15-7-16(11-24)9-17(8-15)12-24/h1-4,15-17H,5-14H2. The van der Waals surface area contributed by atoms with Crippen molar-refractivity contribution in [3.8, 4) is 11.3 Å². The molecular formula is C24H27ClN2O2. The third kappa shape index (κ3) is 3.11. The summed E-state index contributed by atoms with van der Waals surface area (Å²) in [5, 5.41) is 5.02. The lowest BCUT2D eigenvalue weighted by Gasteiger charge is -2.57. The molecule has 1 aromatic heterocycles. The lowest BCUT2D eigenvalue weighted by molar-refractivity contribution is -0.140. The molecule has 4 saturated carbocycles. The molecule has 0 spiro atoms. The van der Waals surface area contributed by atoms with Crippen molar-refractivity contribution in [1.29, 1.82) is 0 Å². The fourth-order valence-electron chi connectivity index (χ4n) is 7.21. The average molecular weight is 411 g/mol. The zero-order valence-corrected chi connectivity index (χ0v) is 17.5. The third-order valence-electron chi connectivity index (χ3n) is 7.99. The minimum Gasteiger partial charge on any atom is -0.356 e. The van der Waals surface area contributed by atoms with E-state index in [-0.39, 0.29) is 0 Å². The number of fused-ring (bicyclic) bond motifs is 1. The predicted molar refractivity (Wildman–Crippen MR) is 111 cm³/mol. The Morgan fingerprint density at radius 2 is 1.76 bits per heavy atom. The molecule has 4 nitrogen and oxygen atoms in total. The van der Waals surface area contributed by atoms with Crippen LogP contribution in [-0.2, 0) is 17.8 Å². The van der Waals surface area contributed by atoms with Crippen LogP contribution in [0.25, 0.3) is 11.3 Å². The molecule has 0 radical (unpaired) electrons. The van der Waals surface area contributed by atoms with Crippen LogP contribution in [0.4, 0.5) is 0 Å². The first kappa shape index (κ1) is 18.0. The van der Waals surface area contributed by atoms with Gasteiger partial charge >= 0.3 is 0 Å². The van der Waals surface area contributed by atoms with Gasteiger partial charge in [-0.05, 0) is 92.4 Å². The Labute approximate surface area is 176 Å². The summed E-state index contributed by atoms with van der Waals surface area (Å²) in [6.45, 7) is 1.34. The van der Waals surface area contributed by atoms with Crippen LogP contribution in [0, 0.1) is 23.2 Å².